The Bertz CT molecular complexity index is 602. The highest BCUT2D eigenvalue weighted by molar-refractivity contribution is 14.0. The molecule has 0 saturated carbocycles. The molecule has 2 rings (SSSR count). The quantitative estimate of drug-likeness (QED) is 0.269. The van der Waals surface area contributed by atoms with E-state index in [4.69, 9.17) is 10.7 Å². The molecule has 1 aromatic rings. The molecule has 1 unspecified atom stereocenters. The topological polar surface area (TPSA) is 101 Å². The summed E-state index contributed by atoms with van der Waals surface area (Å²) in [5.41, 5.74) is 5.38. The zero-order valence-electron chi connectivity index (χ0n) is 16.1. The molecule has 1 saturated heterocycles. The molecular formula is C17H32IN7O. The molecule has 148 valence electrons. The fourth-order valence-electron chi connectivity index (χ4n) is 3.09. The van der Waals surface area contributed by atoms with Crippen LogP contribution >= 0.6 is 24.0 Å². The van der Waals surface area contributed by atoms with Gasteiger partial charge < -0.3 is 20.5 Å². The van der Waals surface area contributed by atoms with E-state index >= 15 is 0 Å². The van der Waals surface area contributed by atoms with Crippen molar-refractivity contribution in [3.8, 4) is 0 Å². The standard InChI is InChI=1S/C17H31N7O.HI/c1-4-5-8-19-17(20-11-16-22-21-13(2)23(16)3)24-9-6-7-14(12-24)10-15(18)25;/h14H,4-12H2,1-3H3,(H2,18,25)(H,19,20);1H. The van der Waals surface area contributed by atoms with Gasteiger partial charge in [-0.1, -0.05) is 13.3 Å². The van der Waals surface area contributed by atoms with Gasteiger partial charge in [-0.25, -0.2) is 4.99 Å². The predicted octanol–water partition coefficient (Wildman–Crippen LogP) is 1.57. The Labute approximate surface area is 173 Å². The van der Waals surface area contributed by atoms with Crippen LogP contribution in [0, 0.1) is 12.8 Å². The zero-order chi connectivity index (χ0) is 18.2. The van der Waals surface area contributed by atoms with Gasteiger partial charge in [0.1, 0.15) is 12.4 Å². The monoisotopic (exact) mass is 477 g/mol. The number of aromatic nitrogens is 3. The molecule has 0 spiro atoms. The minimum atomic E-state index is -0.223. The maximum absolute atomic E-state index is 11.2. The van der Waals surface area contributed by atoms with Crippen LogP contribution in [0.5, 0.6) is 0 Å². The Balaban J connectivity index is 0.00000338. The van der Waals surface area contributed by atoms with Gasteiger partial charge in [-0.15, -0.1) is 34.2 Å². The number of aliphatic imine (C=N–C) groups is 1. The summed E-state index contributed by atoms with van der Waals surface area (Å²) in [6.45, 7) is 7.25. The van der Waals surface area contributed by atoms with Crippen molar-refractivity contribution in [2.45, 2.75) is 52.5 Å². The first kappa shape index (κ1) is 22.7. The van der Waals surface area contributed by atoms with Crippen molar-refractivity contribution in [2.24, 2.45) is 23.7 Å². The summed E-state index contributed by atoms with van der Waals surface area (Å²) < 4.78 is 1.96. The number of likely N-dealkylation sites (tertiary alicyclic amines) is 1. The Morgan fingerprint density at radius 3 is 2.81 bits per heavy atom. The first-order valence-corrected chi connectivity index (χ1v) is 9.17. The Hall–Kier alpha value is -1.39. The molecule has 8 nitrogen and oxygen atoms in total. The SMILES string of the molecule is CCCCNC(=NCc1nnc(C)n1C)N1CCCC(CC(N)=O)C1.I. The third kappa shape index (κ3) is 6.73. The summed E-state index contributed by atoms with van der Waals surface area (Å²) in [6, 6.07) is 0. The molecule has 2 heterocycles. The van der Waals surface area contributed by atoms with E-state index in [0.717, 1.165) is 62.9 Å². The fourth-order valence-corrected chi connectivity index (χ4v) is 3.09. The number of halogens is 1. The summed E-state index contributed by atoms with van der Waals surface area (Å²) in [7, 11) is 1.95. The van der Waals surface area contributed by atoms with Gasteiger partial charge in [-0.05, 0) is 32.1 Å². The summed E-state index contributed by atoms with van der Waals surface area (Å²) in [5, 5.41) is 11.7. The number of hydrogen-bond donors (Lipinski definition) is 2. The van der Waals surface area contributed by atoms with Crippen molar-refractivity contribution < 1.29 is 4.79 Å². The lowest BCUT2D eigenvalue weighted by Gasteiger charge is -2.34. The zero-order valence-corrected chi connectivity index (χ0v) is 18.4. The number of nitrogens with two attached hydrogens (primary N) is 1. The minimum Gasteiger partial charge on any atom is -0.370 e. The summed E-state index contributed by atoms with van der Waals surface area (Å²) >= 11 is 0. The Morgan fingerprint density at radius 1 is 1.42 bits per heavy atom. The number of hydrogen-bond acceptors (Lipinski definition) is 4. The lowest BCUT2D eigenvalue weighted by molar-refractivity contribution is -0.119. The highest BCUT2D eigenvalue weighted by Gasteiger charge is 2.23. The second-order valence-electron chi connectivity index (χ2n) is 6.77. The largest absolute Gasteiger partial charge is 0.370 e. The van der Waals surface area contributed by atoms with Gasteiger partial charge in [0, 0.05) is 33.1 Å². The average Bonchev–Trinajstić information content (AvgIpc) is 2.89. The number of unbranched alkanes of at least 4 members (excludes halogenated alkanes) is 1. The van der Waals surface area contributed by atoms with Crippen molar-refractivity contribution >= 4 is 35.8 Å². The molecule has 1 aliphatic heterocycles. The van der Waals surface area contributed by atoms with Crippen LogP contribution in [-0.2, 0) is 18.4 Å². The summed E-state index contributed by atoms with van der Waals surface area (Å²) in [4.78, 5) is 18.3. The molecule has 1 aromatic heterocycles. The molecule has 0 aromatic carbocycles. The van der Waals surface area contributed by atoms with Gasteiger partial charge in [0.15, 0.2) is 11.8 Å². The number of carbonyl (C=O) groups excluding carboxylic acids is 1. The van der Waals surface area contributed by atoms with Gasteiger partial charge in [0.05, 0.1) is 0 Å². The third-order valence-electron chi connectivity index (χ3n) is 4.67. The van der Waals surface area contributed by atoms with Gasteiger partial charge >= 0.3 is 0 Å². The van der Waals surface area contributed by atoms with E-state index in [0.29, 0.717) is 18.9 Å². The first-order valence-electron chi connectivity index (χ1n) is 9.17. The third-order valence-corrected chi connectivity index (χ3v) is 4.67. The molecular weight excluding hydrogens is 445 g/mol. The molecule has 1 atom stereocenters. The summed E-state index contributed by atoms with van der Waals surface area (Å²) in [5.74, 6) is 2.70. The Kier molecular flexibility index (Phi) is 9.89. The number of rotatable bonds is 7. The summed E-state index contributed by atoms with van der Waals surface area (Å²) in [6.07, 6.45) is 4.77. The van der Waals surface area contributed by atoms with Crippen LogP contribution in [0.4, 0.5) is 0 Å². The van der Waals surface area contributed by atoms with E-state index in [1.807, 2.05) is 18.5 Å². The molecule has 26 heavy (non-hydrogen) atoms. The highest BCUT2D eigenvalue weighted by atomic mass is 127. The average molecular weight is 477 g/mol. The molecule has 1 fully saturated rings. The highest BCUT2D eigenvalue weighted by Crippen LogP contribution is 2.19. The molecule has 0 aliphatic carbocycles. The lowest BCUT2D eigenvalue weighted by atomic mass is 9.95. The first-order chi connectivity index (χ1) is 12.0. The number of aryl methyl sites for hydroxylation is 1. The normalized spacial score (nSPS) is 17.7. The number of amides is 1. The van der Waals surface area contributed by atoms with Crippen LogP contribution in [0.2, 0.25) is 0 Å². The van der Waals surface area contributed by atoms with Crippen LogP contribution in [0.25, 0.3) is 0 Å². The van der Waals surface area contributed by atoms with E-state index in [9.17, 15) is 4.79 Å². The van der Waals surface area contributed by atoms with Crippen LogP contribution < -0.4 is 11.1 Å². The number of nitrogens with one attached hydrogen (secondary N) is 1. The molecule has 1 aliphatic rings. The Morgan fingerprint density at radius 2 is 2.19 bits per heavy atom. The number of primary amides is 1. The van der Waals surface area contributed by atoms with E-state index in [2.05, 4.69) is 27.3 Å². The second kappa shape index (κ2) is 11.3. The minimum absolute atomic E-state index is 0. The fraction of sp³-hybridized carbons (Fsp3) is 0.765. The number of carbonyl (C=O) groups is 1. The van der Waals surface area contributed by atoms with Gasteiger partial charge in [-0.2, -0.15) is 0 Å². The smallest absolute Gasteiger partial charge is 0.217 e. The van der Waals surface area contributed by atoms with E-state index < -0.39 is 0 Å². The van der Waals surface area contributed by atoms with Crippen molar-refractivity contribution in [1.29, 1.82) is 0 Å². The van der Waals surface area contributed by atoms with Crippen molar-refractivity contribution in [3.05, 3.63) is 11.6 Å². The molecule has 0 radical (unpaired) electrons. The molecule has 0 bridgehead atoms. The second-order valence-corrected chi connectivity index (χ2v) is 6.77. The number of nitrogens with zero attached hydrogens (tertiary/aromatic N) is 5. The van der Waals surface area contributed by atoms with E-state index in [-0.39, 0.29) is 29.9 Å². The maximum atomic E-state index is 11.2. The van der Waals surface area contributed by atoms with Crippen LogP contribution in [0.1, 0.15) is 50.7 Å². The van der Waals surface area contributed by atoms with Crippen LogP contribution in [0.15, 0.2) is 4.99 Å². The lowest BCUT2D eigenvalue weighted by Crippen LogP contribution is -2.47. The molecule has 3 N–H and O–H groups in total. The number of guanidine groups is 1. The van der Waals surface area contributed by atoms with Gasteiger partial charge in [0.25, 0.3) is 0 Å². The molecule has 1 amide bonds. The van der Waals surface area contributed by atoms with E-state index in [1.54, 1.807) is 0 Å². The van der Waals surface area contributed by atoms with Crippen molar-refractivity contribution in [1.82, 2.24) is 25.0 Å². The van der Waals surface area contributed by atoms with Crippen LogP contribution in [-0.4, -0.2) is 51.2 Å². The van der Waals surface area contributed by atoms with Gasteiger partial charge in [-0.3, -0.25) is 4.79 Å². The maximum Gasteiger partial charge on any atom is 0.217 e. The predicted molar refractivity (Wildman–Crippen MR) is 113 cm³/mol. The van der Waals surface area contributed by atoms with Crippen molar-refractivity contribution in [2.75, 3.05) is 19.6 Å². The van der Waals surface area contributed by atoms with Crippen molar-refractivity contribution in [3.63, 3.8) is 0 Å². The van der Waals surface area contributed by atoms with E-state index in [1.165, 1.54) is 0 Å². The van der Waals surface area contributed by atoms with Crippen LogP contribution in [0.3, 0.4) is 0 Å². The molecule has 9 heteroatoms. The van der Waals surface area contributed by atoms with Gasteiger partial charge in [0.2, 0.25) is 5.91 Å². The number of piperidine rings is 1.